The van der Waals surface area contributed by atoms with Gasteiger partial charge in [0.15, 0.2) is 11.5 Å². The maximum Gasteiger partial charge on any atom is 0.336 e. The molecule has 1 heterocycles. The molecule has 4 amide bonds. The number of barbiturate groups is 1. The molecule has 4 rings (SSSR count). The Bertz CT molecular complexity index is 1460. The zero-order chi connectivity index (χ0) is 28.1. The van der Waals surface area contributed by atoms with Gasteiger partial charge in [0.25, 0.3) is 11.8 Å². The lowest BCUT2D eigenvalue weighted by Crippen LogP contribution is -2.54. The third kappa shape index (κ3) is 5.96. The van der Waals surface area contributed by atoms with Crippen molar-refractivity contribution in [2.75, 3.05) is 25.7 Å². The molecule has 0 spiro atoms. The van der Waals surface area contributed by atoms with E-state index in [0.29, 0.717) is 23.7 Å². The van der Waals surface area contributed by atoms with Gasteiger partial charge in [0.1, 0.15) is 29.5 Å². The Kier molecular flexibility index (Phi) is 8.36. The van der Waals surface area contributed by atoms with Crippen molar-refractivity contribution in [2.24, 2.45) is 0 Å². The average molecular weight is 555 g/mol. The molecule has 3 aromatic rings. The van der Waals surface area contributed by atoms with Crippen molar-refractivity contribution in [3.8, 4) is 23.0 Å². The fraction of sp³-hybridized carbons (Fsp3) is 0.179. The highest BCUT2D eigenvalue weighted by atomic mass is 35.5. The van der Waals surface area contributed by atoms with Gasteiger partial charge in [-0.15, -0.1) is 0 Å². The van der Waals surface area contributed by atoms with Crippen molar-refractivity contribution >= 4 is 41.2 Å². The van der Waals surface area contributed by atoms with Crippen LogP contribution in [0.3, 0.4) is 0 Å². The minimum absolute atomic E-state index is 0.0409. The molecule has 9 nitrogen and oxygen atoms in total. The van der Waals surface area contributed by atoms with E-state index >= 15 is 0 Å². The van der Waals surface area contributed by atoms with Gasteiger partial charge in [-0.3, -0.25) is 14.9 Å². The number of benzene rings is 3. The second-order valence-electron chi connectivity index (χ2n) is 8.17. The van der Waals surface area contributed by atoms with Crippen LogP contribution in [-0.4, -0.2) is 38.7 Å². The number of carbonyl (C=O) groups is 3. The summed E-state index contributed by atoms with van der Waals surface area (Å²) in [5.74, 6) is -0.974. The van der Waals surface area contributed by atoms with Crippen molar-refractivity contribution in [1.29, 1.82) is 0 Å². The van der Waals surface area contributed by atoms with Gasteiger partial charge >= 0.3 is 6.03 Å². The number of nitrogens with one attached hydrogen (secondary N) is 1. The number of amides is 4. The summed E-state index contributed by atoms with van der Waals surface area (Å²) in [6, 6.07) is 12.6. The summed E-state index contributed by atoms with van der Waals surface area (Å²) >= 11 is 6.16. The van der Waals surface area contributed by atoms with Crippen LogP contribution in [0.5, 0.6) is 23.0 Å². The summed E-state index contributed by atoms with van der Waals surface area (Å²) in [5.41, 5.74) is 0.946. The first-order valence-electron chi connectivity index (χ1n) is 11.7. The van der Waals surface area contributed by atoms with Gasteiger partial charge in [-0.2, -0.15) is 0 Å². The molecule has 0 radical (unpaired) electrons. The molecule has 3 aromatic carbocycles. The molecule has 0 bridgehead atoms. The average Bonchev–Trinajstić information content (AvgIpc) is 2.92. The number of nitrogens with zero attached hydrogens (tertiary/aromatic N) is 1. The highest BCUT2D eigenvalue weighted by molar-refractivity contribution is 6.39. The van der Waals surface area contributed by atoms with Gasteiger partial charge in [0.05, 0.1) is 31.5 Å². The van der Waals surface area contributed by atoms with Crippen LogP contribution >= 0.6 is 11.6 Å². The van der Waals surface area contributed by atoms with Crippen LogP contribution in [0.2, 0.25) is 5.02 Å². The lowest BCUT2D eigenvalue weighted by atomic mass is 10.1. The highest BCUT2D eigenvalue weighted by Gasteiger charge is 2.38. The molecule has 1 aliphatic heterocycles. The first kappa shape index (κ1) is 27.5. The largest absolute Gasteiger partial charge is 0.495 e. The molecule has 0 atom stereocenters. The molecule has 1 aliphatic rings. The Balaban J connectivity index is 1.66. The number of halogens is 2. The van der Waals surface area contributed by atoms with Gasteiger partial charge < -0.3 is 18.9 Å². The number of ether oxygens (including phenoxy) is 4. The molecule has 0 aromatic heterocycles. The first-order chi connectivity index (χ1) is 18.7. The summed E-state index contributed by atoms with van der Waals surface area (Å²) in [6.07, 6.45) is 1.34. The molecule has 0 unspecified atom stereocenters. The standard InChI is InChI=1S/C28H24ClFN2O7/c1-4-38-25-12-17(7-10-22(25)39-15-16-5-8-18(30)9-6-16)11-19-26(33)31-28(35)32(27(19)34)21-14-23(36-2)20(29)13-24(21)37-3/h5-14H,4,15H2,1-3H3,(H,31,33,35)/b19-11+. The van der Waals surface area contributed by atoms with Crippen LogP contribution in [0.4, 0.5) is 14.9 Å². The third-order valence-electron chi connectivity index (χ3n) is 5.68. The van der Waals surface area contributed by atoms with E-state index in [1.165, 1.54) is 44.6 Å². The van der Waals surface area contributed by atoms with Crippen molar-refractivity contribution in [3.05, 3.63) is 82.1 Å². The Labute approximate surface area is 228 Å². The fourth-order valence-corrected chi connectivity index (χ4v) is 4.04. The molecule has 202 valence electrons. The number of urea groups is 1. The minimum Gasteiger partial charge on any atom is -0.495 e. The molecule has 1 N–H and O–H groups in total. The van der Waals surface area contributed by atoms with Crippen LogP contribution < -0.4 is 29.2 Å². The zero-order valence-corrected chi connectivity index (χ0v) is 22.0. The predicted molar refractivity (Wildman–Crippen MR) is 142 cm³/mol. The molecule has 11 heteroatoms. The normalized spacial score (nSPS) is 14.3. The number of imide groups is 2. The van der Waals surface area contributed by atoms with Gasteiger partial charge in [-0.05, 0) is 48.4 Å². The fourth-order valence-electron chi connectivity index (χ4n) is 3.81. The minimum atomic E-state index is -0.954. The number of hydrogen-bond donors (Lipinski definition) is 1. The molecule has 0 saturated carbocycles. The maximum absolute atomic E-state index is 13.4. The molecule has 1 saturated heterocycles. The van der Waals surface area contributed by atoms with E-state index in [1.54, 1.807) is 37.3 Å². The van der Waals surface area contributed by atoms with E-state index in [-0.39, 0.29) is 40.2 Å². The maximum atomic E-state index is 13.4. The Morgan fingerprint density at radius 3 is 2.28 bits per heavy atom. The van der Waals surface area contributed by atoms with Crippen LogP contribution in [0.1, 0.15) is 18.1 Å². The number of methoxy groups -OCH3 is 2. The van der Waals surface area contributed by atoms with Crippen molar-refractivity contribution in [2.45, 2.75) is 13.5 Å². The molecule has 0 aliphatic carbocycles. The quantitative estimate of drug-likeness (QED) is 0.288. The van der Waals surface area contributed by atoms with Crippen LogP contribution in [0.15, 0.2) is 60.2 Å². The summed E-state index contributed by atoms with van der Waals surface area (Å²) < 4.78 is 35.2. The monoisotopic (exact) mass is 554 g/mol. The summed E-state index contributed by atoms with van der Waals surface area (Å²) in [5, 5.41) is 2.38. The summed E-state index contributed by atoms with van der Waals surface area (Å²) in [7, 11) is 2.73. The van der Waals surface area contributed by atoms with E-state index in [4.69, 9.17) is 30.5 Å². The third-order valence-corrected chi connectivity index (χ3v) is 5.98. The number of carbonyl (C=O) groups excluding carboxylic acids is 3. The van der Waals surface area contributed by atoms with E-state index in [9.17, 15) is 18.8 Å². The molecule has 1 fully saturated rings. The predicted octanol–water partition coefficient (Wildman–Crippen LogP) is 5.14. The summed E-state index contributed by atoms with van der Waals surface area (Å²) in [4.78, 5) is 39.6. The van der Waals surface area contributed by atoms with E-state index in [1.807, 2.05) is 0 Å². The number of rotatable bonds is 9. The van der Waals surface area contributed by atoms with Gasteiger partial charge in [0.2, 0.25) is 0 Å². The number of anilines is 1. The first-order valence-corrected chi connectivity index (χ1v) is 12.1. The molecule has 39 heavy (non-hydrogen) atoms. The Morgan fingerprint density at radius 1 is 0.897 bits per heavy atom. The van der Waals surface area contributed by atoms with Crippen LogP contribution in [-0.2, 0) is 16.2 Å². The van der Waals surface area contributed by atoms with Crippen molar-refractivity contribution < 1.29 is 37.7 Å². The van der Waals surface area contributed by atoms with Crippen molar-refractivity contribution in [1.82, 2.24) is 5.32 Å². The molecular weight excluding hydrogens is 531 g/mol. The van der Waals surface area contributed by atoms with Crippen LogP contribution in [0, 0.1) is 5.82 Å². The van der Waals surface area contributed by atoms with Gasteiger partial charge in [-0.1, -0.05) is 29.8 Å². The van der Waals surface area contributed by atoms with Crippen LogP contribution in [0.25, 0.3) is 6.08 Å². The SMILES string of the molecule is CCOc1cc(/C=C2\C(=O)NC(=O)N(c3cc(OC)c(Cl)cc3OC)C2=O)ccc1OCc1ccc(F)cc1. The highest BCUT2D eigenvalue weighted by Crippen LogP contribution is 2.39. The lowest BCUT2D eigenvalue weighted by Gasteiger charge is -2.28. The Morgan fingerprint density at radius 2 is 1.62 bits per heavy atom. The summed E-state index contributed by atoms with van der Waals surface area (Å²) in [6.45, 7) is 2.29. The zero-order valence-electron chi connectivity index (χ0n) is 21.2. The van der Waals surface area contributed by atoms with E-state index in [0.717, 1.165) is 10.5 Å². The number of hydrogen-bond acceptors (Lipinski definition) is 7. The Hall–Kier alpha value is -4.57. The second kappa shape index (κ2) is 11.9. The second-order valence-corrected chi connectivity index (χ2v) is 8.58. The smallest absolute Gasteiger partial charge is 0.336 e. The van der Waals surface area contributed by atoms with Gasteiger partial charge in [-0.25, -0.2) is 14.1 Å². The molecular formula is C28H24ClFN2O7. The van der Waals surface area contributed by atoms with E-state index < -0.39 is 17.8 Å². The van der Waals surface area contributed by atoms with Crippen molar-refractivity contribution in [3.63, 3.8) is 0 Å². The van der Waals surface area contributed by atoms with E-state index in [2.05, 4.69) is 5.32 Å². The van der Waals surface area contributed by atoms with Gasteiger partial charge in [0, 0.05) is 12.1 Å². The topological polar surface area (TPSA) is 103 Å². The lowest BCUT2D eigenvalue weighted by molar-refractivity contribution is -0.122.